The molecule has 0 aliphatic carbocycles. The molecule has 0 spiro atoms. The van der Waals surface area contributed by atoms with Crippen LogP contribution in [-0.4, -0.2) is 13.1 Å². The fourth-order valence-corrected chi connectivity index (χ4v) is 1.73. The Morgan fingerprint density at radius 1 is 1.44 bits per heavy atom. The van der Waals surface area contributed by atoms with Gasteiger partial charge in [-0.1, -0.05) is 23.2 Å². The predicted octanol–water partition coefficient (Wildman–Crippen LogP) is 3.85. The summed E-state index contributed by atoms with van der Waals surface area (Å²) in [6.07, 6.45) is 2.67. The molecular weight excluding hydrogens is 317 g/mol. The van der Waals surface area contributed by atoms with Crippen molar-refractivity contribution in [1.29, 1.82) is 0 Å². The van der Waals surface area contributed by atoms with E-state index in [1.807, 2.05) is 0 Å². The zero-order valence-electron chi connectivity index (χ0n) is 8.26. The lowest BCUT2D eigenvalue weighted by atomic mass is 10.3. The number of carbonyl (C=O) groups is 1. The van der Waals surface area contributed by atoms with Gasteiger partial charge in [-0.25, -0.2) is 4.79 Å². The summed E-state index contributed by atoms with van der Waals surface area (Å²) in [6, 6.07) is 3.49. The van der Waals surface area contributed by atoms with Crippen LogP contribution < -0.4 is 5.32 Å². The van der Waals surface area contributed by atoms with Gasteiger partial charge in [0.25, 0.3) is 0 Å². The summed E-state index contributed by atoms with van der Waals surface area (Å²) >= 11 is 15.1. The SMILES string of the molecule is COC(=O)/C=C/Nc1ccc(Br)c(Cl)c1Cl. The number of carbonyl (C=O) groups excluding carboxylic acids is 1. The summed E-state index contributed by atoms with van der Waals surface area (Å²) in [5, 5.41) is 3.62. The molecule has 0 unspecified atom stereocenters. The fraction of sp³-hybridized carbons (Fsp3) is 0.100. The molecule has 0 heterocycles. The standard InChI is InChI=1S/C10H8BrCl2NO2/c1-16-8(15)4-5-14-7-3-2-6(11)9(12)10(7)13/h2-5,14H,1H3/b5-4+. The third-order valence-electron chi connectivity index (χ3n) is 1.69. The van der Waals surface area contributed by atoms with E-state index in [9.17, 15) is 4.79 Å². The van der Waals surface area contributed by atoms with Gasteiger partial charge in [-0.2, -0.15) is 0 Å². The molecule has 0 saturated heterocycles. The normalized spacial score (nSPS) is 10.5. The van der Waals surface area contributed by atoms with Crippen LogP contribution in [-0.2, 0) is 9.53 Å². The molecule has 1 aromatic carbocycles. The number of esters is 1. The molecule has 86 valence electrons. The van der Waals surface area contributed by atoms with E-state index in [1.54, 1.807) is 12.1 Å². The van der Waals surface area contributed by atoms with Gasteiger partial charge >= 0.3 is 5.97 Å². The quantitative estimate of drug-likeness (QED) is 0.521. The molecule has 6 heteroatoms. The van der Waals surface area contributed by atoms with Crippen LogP contribution in [0.4, 0.5) is 5.69 Å². The molecule has 0 aromatic heterocycles. The van der Waals surface area contributed by atoms with Crippen LogP contribution in [0.5, 0.6) is 0 Å². The van der Waals surface area contributed by atoms with Gasteiger partial charge in [-0.05, 0) is 28.1 Å². The van der Waals surface area contributed by atoms with Crippen molar-refractivity contribution < 1.29 is 9.53 Å². The number of halogens is 3. The molecule has 3 nitrogen and oxygen atoms in total. The Bertz CT molecular complexity index is 435. The Balaban J connectivity index is 2.79. The Hall–Kier alpha value is -0.710. The van der Waals surface area contributed by atoms with Crippen LogP contribution in [0.2, 0.25) is 10.0 Å². The minimum atomic E-state index is -0.452. The highest BCUT2D eigenvalue weighted by Crippen LogP contribution is 2.35. The lowest BCUT2D eigenvalue weighted by Crippen LogP contribution is -1.96. The van der Waals surface area contributed by atoms with E-state index in [4.69, 9.17) is 23.2 Å². The van der Waals surface area contributed by atoms with Crippen molar-refractivity contribution in [1.82, 2.24) is 0 Å². The summed E-state index contributed by atoms with van der Waals surface area (Å²) in [4.78, 5) is 10.8. The Kier molecular flexibility index (Phi) is 5.12. The lowest BCUT2D eigenvalue weighted by Gasteiger charge is -2.06. The van der Waals surface area contributed by atoms with Crippen molar-refractivity contribution in [2.45, 2.75) is 0 Å². The van der Waals surface area contributed by atoms with Gasteiger partial charge in [0.2, 0.25) is 0 Å². The van der Waals surface area contributed by atoms with Gasteiger partial charge in [0.1, 0.15) is 0 Å². The fourth-order valence-electron chi connectivity index (χ4n) is 0.905. The van der Waals surface area contributed by atoms with Crippen molar-refractivity contribution in [3.8, 4) is 0 Å². The van der Waals surface area contributed by atoms with Crippen LogP contribution in [0, 0.1) is 0 Å². The van der Waals surface area contributed by atoms with E-state index in [0.29, 0.717) is 20.2 Å². The van der Waals surface area contributed by atoms with Crippen molar-refractivity contribution in [2.24, 2.45) is 0 Å². The maximum absolute atomic E-state index is 10.8. The van der Waals surface area contributed by atoms with E-state index in [-0.39, 0.29) is 0 Å². The van der Waals surface area contributed by atoms with Crippen LogP contribution in [0.25, 0.3) is 0 Å². The summed E-state index contributed by atoms with van der Waals surface area (Å²) in [5.74, 6) is -0.452. The molecule has 1 aromatic rings. The molecule has 0 aliphatic rings. The number of hydrogen-bond acceptors (Lipinski definition) is 3. The van der Waals surface area contributed by atoms with Gasteiger partial charge in [-0.15, -0.1) is 0 Å². The minimum Gasteiger partial charge on any atom is -0.466 e. The lowest BCUT2D eigenvalue weighted by molar-refractivity contribution is -0.134. The van der Waals surface area contributed by atoms with E-state index < -0.39 is 5.97 Å². The second kappa shape index (κ2) is 6.13. The number of hydrogen-bond donors (Lipinski definition) is 1. The first-order valence-electron chi connectivity index (χ1n) is 4.20. The molecule has 0 bridgehead atoms. The zero-order chi connectivity index (χ0) is 12.1. The van der Waals surface area contributed by atoms with Gasteiger partial charge in [-0.3, -0.25) is 0 Å². The molecule has 1 N–H and O–H groups in total. The highest BCUT2D eigenvalue weighted by molar-refractivity contribution is 9.10. The molecule has 1 rings (SSSR count). The molecule has 0 fully saturated rings. The van der Waals surface area contributed by atoms with E-state index >= 15 is 0 Å². The maximum atomic E-state index is 10.8. The van der Waals surface area contributed by atoms with Gasteiger partial charge in [0, 0.05) is 16.7 Å². The van der Waals surface area contributed by atoms with E-state index in [2.05, 4.69) is 26.0 Å². The third-order valence-corrected chi connectivity index (χ3v) is 3.47. The van der Waals surface area contributed by atoms with Crippen molar-refractivity contribution >= 4 is 50.8 Å². The van der Waals surface area contributed by atoms with Crippen LogP contribution >= 0.6 is 39.1 Å². The van der Waals surface area contributed by atoms with E-state index in [0.717, 1.165) is 0 Å². The molecule has 16 heavy (non-hydrogen) atoms. The first-order valence-corrected chi connectivity index (χ1v) is 5.75. The molecule has 0 aliphatic heterocycles. The van der Waals surface area contributed by atoms with Crippen molar-refractivity contribution in [3.05, 3.63) is 38.9 Å². The Morgan fingerprint density at radius 2 is 2.12 bits per heavy atom. The number of rotatable bonds is 3. The van der Waals surface area contributed by atoms with Gasteiger partial charge < -0.3 is 10.1 Å². The monoisotopic (exact) mass is 323 g/mol. The van der Waals surface area contributed by atoms with Crippen molar-refractivity contribution in [3.63, 3.8) is 0 Å². The first kappa shape index (κ1) is 13.4. The molecule has 0 amide bonds. The Labute approximate surface area is 112 Å². The van der Waals surface area contributed by atoms with Crippen LogP contribution in [0.1, 0.15) is 0 Å². The predicted molar refractivity (Wildman–Crippen MR) is 68.9 cm³/mol. The highest BCUT2D eigenvalue weighted by Gasteiger charge is 2.06. The van der Waals surface area contributed by atoms with Gasteiger partial charge in [0.15, 0.2) is 0 Å². The number of benzene rings is 1. The smallest absolute Gasteiger partial charge is 0.331 e. The van der Waals surface area contributed by atoms with Gasteiger partial charge in [0.05, 0.1) is 22.8 Å². The average Bonchev–Trinajstić information content (AvgIpc) is 2.29. The molecule has 0 atom stereocenters. The topological polar surface area (TPSA) is 38.3 Å². The number of methoxy groups -OCH3 is 1. The molecular formula is C10H8BrCl2NO2. The summed E-state index contributed by atoms with van der Waals surface area (Å²) in [5.41, 5.74) is 0.606. The third kappa shape index (κ3) is 3.40. The largest absolute Gasteiger partial charge is 0.466 e. The number of ether oxygens (including phenoxy) is 1. The maximum Gasteiger partial charge on any atom is 0.331 e. The second-order valence-electron chi connectivity index (χ2n) is 2.72. The van der Waals surface area contributed by atoms with Crippen molar-refractivity contribution in [2.75, 3.05) is 12.4 Å². The first-order chi connectivity index (χ1) is 7.56. The van der Waals surface area contributed by atoms with E-state index in [1.165, 1.54) is 19.4 Å². The minimum absolute atomic E-state index is 0.380. The second-order valence-corrected chi connectivity index (χ2v) is 4.33. The highest BCUT2D eigenvalue weighted by atomic mass is 79.9. The molecule has 0 saturated carbocycles. The average molecular weight is 325 g/mol. The Morgan fingerprint density at radius 3 is 2.75 bits per heavy atom. The summed E-state index contributed by atoms with van der Waals surface area (Å²) in [6.45, 7) is 0. The number of nitrogens with one attached hydrogen (secondary N) is 1. The van der Waals surface area contributed by atoms with Crippen LogP contribution in [0.15, 0.2) is 28.9 Å². The summed E-state index contributed by atoms with van der Waals surface area (Å²) < 4.78 is 5.14. The molecule has 0 radical (unpaired) electrons. The summed E-state index contributed by atoms with van der Waals surface area (Å²) in [7, 11) is 1.30. The number of anilines is 1. The zero-order valence-corrected chi connectivity index (χ0v) is 11.4. The van der Waals surface area contributed by atoms with Crippen LogP contribution in [0.3, 0.4) is 0 Å².